The van der Waals surface area contributed by atoms with E-state index in [2.05, 4.69) is 21.2 Å². The van der Waals surface area contributed by atoms with E-state index in [9.17, 15) is 4.79 Å². The molecule has 0 bridgehead atoms. The van der Waals surface area contributed by atoms with Crippen molar-refractivity contribution in [2.75, 3.05) is 11.9 Å². The lowest BCUT2D eigenvalue weighted by Gasteiger charge is -2.10. The normalized spacial score (nSPS) is 10.2. The van der Waals surface area contributed by atoms with Crippen molar-refractivity contribution in [2.24, 2.45) is 0 Å². The average molecular weight is 369 g/mol. The molecule has 21 heavy (non-hydrogen) atoms. The maximum atomic E-state index is 12.3. The third kappa shape index (κ3) is 4.22. The number of ether oxygens (including phenoxy) is 1. The summed E-state index contributed by atoms with van der Waals surface area (Å²) in [6.07, 6.45) is 0.923. The molecule has 0 saturated heterocycles. The first-order valence-electron chi connectivity index (χ1n) is 6.60. The van der Waals surface area contributed by atoms with Crippen LogP contribution in [0.3, 0.4) is 0 Å². The molecule has 0 radical (unpaired) electrons. The molecule has 0 aromatic heterocycles. The van der Waals surface area contributed by atoms with Gasteiger partial charge in [0, 0.05) is 5.56 Å². The third-order valence-corrected chi connectivity index (χ3v) is 4.17. The SMILES string of the molecule is CCCOc1cccc(C(=O)Nc2cccc(Cl)c2Br)c1. The molecule has 0 spiro atoms. The number of rotatable bonds is 5. The number of halogens is 2. The van der Waals surface area contributed by atoms with Crippen LogP contribution >= 0.6 is 27.5 Å². The van der Waals surface area contributed by atoms with Crippen LogP contribution in [0, 0.1) is 0 Å². The summed E-state index contributed by atoms with van der Waals surface area (Å²) >= 11 is 9.37. The Hall–Kier alpha value is -1.52. The highest BCUT2D eigenvalue weighted by atomic mass is 79.9. The van der Waals surface area contributed by atoms with Crippen LogP contribution in [0.1, 0.15) is 23.7 Å². The van der Waals surface area contributed by atoms with Gasteiger partial charge in [-0.2, -0.15) is 0 Å². The van der Waals surface area contributed by atoms with Gasteiger partial charge >= 0.3 is 0 Å². The van der Waals surface area contributed by atoms with Crippen LogP contribution in [-0.2, 0) is 0 Å². The van der Waals surface area contributed by atoms with E-state index in [-0.39, 0.29) is 5.91 Å². The molecule has 2 rings (SSSR count). The summed E-state index contributed by atoms with van der Waals surface area (Å²) in [4.78, 5) is 12.3. The van der Waals surface area contributed by atoms with Crippen LogP contribution in [0.25, 0.3) is 0 Å². The molecule has 0 unspecified atom stereocenters. The van der Waals surface area contributed by atoms with Gasteiger partial charge in [-0.15, -0.1) is 0 Å². The molecule has 110 valence electrons. The van der Waals surface area contributed by atoms with Crippen LogP contribution < -0.4 is 10.1 Å². The highest BCUT2D eigenvalue weighted by Crippen LogP contribution is 2.30. The van der Waals surface area contributed by atoms with E-state index >= 15 is 0 Å². The second kappa shape index (κ2) is 7.48. The Balaban J connectivity index is 2.15. The Morgan fingerprint density at radius 2 is 2.05 bits per heavy atom. The van der Waals surface area contributed by atoms with Crippen LogP contribution in [0.4, 0.5) is 5.69 Å². The summed E-state index contributed by atoms with van der Waals surface area (Å²) in [6.45, 7) is 2.66. The number of carbonyl (C=O) groups excluding carboxylic acids is 1. The molecule has 0 atom stereocenters. The molecule has 0 heterocycles. The van der Waals surface area contributed by atoms with Crippen molar-refractivity contribution in [3.8, 4) is 5.75 Å². The second-order valence-corrected chi connectivity index (χ2v) is 5.63. The summed E-state index contributed by atoms with van der Waals surface area (Å²) in [6, 6.07) is 12.4. The molecule has 0 fully saturated rings. The van der Waals surface area contributed by atoms with Crippen LogP contribution in [0.5, 0.6) is 5.75 Å². The van der Waals surface area contributed by atoms with E-state index in [4.69, 9.17) is 16.3 Å². The first kappa shape index (κ1) is 15.9. The molecule has 5 heteroatoms. The minimum absolute atomic E-state index is 0.208. The van der Waals surface area contributed by atoms with Gasteiger partial charge in [-0.05, 0) is 52.7 Å². The Bertz CT molecular complexity index is 646. The number of nitrogens with one attached hydrogen (secondary N) is 1. The number of anilines is 1. The number of carbonyl (C=O) groups is 1. The summed E-state index contributed by atoms with van der Waals surface area (Å²) in [5, 5.41) is 3.37. The topological polar surface area (TPSA) is 38.3 Å². The first-order chi connectivity index (χ1) is 10.1. The summed E-state index contributed by atoms with van der Waals surface area (Å²) in [5.74, 6) is 0.481. The van der Waals surface area contributed by atoms with Gasteiger partial charge in [-0.25, -0.2) is 0 Å². The van der Waals surface area contributed by atoms with Crippen molar-refractivity contribution in [1.29, 1.82) is 0 Å². The van der Waals surface area contributed by atoms with Gasteiger partial charge in [0.05, 0.1) is 21.8 Å². The van der Waals surface area contributed by atoms with Crippen molar-refractivity contribution >= 4 is 39.1 Å². The lowest BCUT2D eigenvalue weighted by Crippen LogP contribution is -2.12. The fraction of sp³-hybridized carbons (Fsp3) is 0.188. The maximum absolute atomic E-state index is 12.3. The summed E-state index contributed by atoms with van der Waals surface area (Å²) in [7, 11) is 0. The van der Waals surface area contributed by atoms with Gasteiger partial charge in [0.25, 0.3) is 5.91 Å². The van der Waals surface area contributed by atoms with Crippen LogP contribution in [0.15, 0.2) is 46.9 Å². The lowest BCUT2D eigenvalue weighted by molar-refractivity contribution is 0.102. The molecular weight excluding hydrogens is 354 g/mol. The van der Waals surface area contributed by atoms with E-state index < -0.39 is 0 Å². The zero-order chi connectivity index (χ0) is 15.2. The highest BCUT2D eigenvalue weighted by molar-refractivity contribution is 9.10. The highest BCUT2D eigenvalue weighted by Gasteiger charge is 2.10. The fourth-order valence-corrected chi connectivity index (χ4v) is 2.28. The Kier molecular flexibility index (Phi) is 5.65. The summed E-state index contributed by atoms with van der Waals surface area (Å²) in [5.41, 5.74) is 1.17. The van der Waals surface area contributed by atoms with E-state index in [1.54, 1.807) is 36.4 Å². The van der Waals surface area contributed by atoms with E-state index in [1.165, 1.54) is 0 Å². The quantitative estimate of drug-likeness (QED) is 0.793. The van der Waals surface area contributed by atoms with Crippen molar-refractivity contribution < 1.29 is 9.53 Å². The zero-order valence-corrected chi connectivity index (χ0v) is 13.9. The molecule has 0 aliphatic rings. The number of amides is 1. The Morgan fingerprint density at radius 1 is 1.29 bits per heavy atom. The second-order valence-electron chi connectivity index (χ2n) is 4.43. The predicted molar refractivity (Wildman–Crippen MR) is 89.3 cm³/mol. The van der Waals surface area contributed by atoms with Gasteiger partial charge in [0.2, 0.25) is 0 Å². The van der Waals surface area contributed by atoms with E-state index in [1.807, 2.05) is 13.0 Å². The molecule has 3 nitrogen and oxygen atoms in total. The maximum Gasteiger partial charge on any atom is 0.255 e. The van der Waals surface area contributed by atoms with E-state index in [0.29, 0.717) is 33.1 Å². The summed E-state index contributed by atoms with van der Waals surface area (Å²) < 4.78 is 6.19. The van der Waals surface area contributed by atoms with E-state index in [0.717, 1.165) is 6.42 Å². The van der Waals surface area contributed by atoms with Gasteiger partial charge in [-0.1, -0.05) is 30.7 Å². The van der Waals surface area contributed by atoms with Crippen molar-refractivity contribution in [2.45, 2.75) is 13.3 Å². The van der Waals surface area contributed by atoms with Crippen LogP contribution in [-0.4, -0.2) is 12.5 Å². The minimum Gasteiger partial charge on any atom is -0.494 e. The standard InChI is InChI=1S/C16H15BrClNO2/c1-2-9-21-12-6-3-5-11(10-12)16(20)19-14-8-4-7-13(18)15(14)17/h3-8,10H,2,9H2,1H3,(H,19,20). The van der Waals surface area contributed by atoms with Gasteiger partial charge in [-0.3, -0.25) is 4.79 Å². The largest absolute Gasteiger partial charge is 0.494 e. The van der Waals surface area contributed by atoms with Crippen molar-refractivity contribution in [1.82, 2.24) is 0 Å². The molecule has 2 aromatic rings. The molecule has 0 aliphatic carbocycles. The molecule has 0 saturated carbocycles. The number of benzene rings is 2. The monoisotopic (exact) mass is 367 g/mol. The molecule has 1 amide bonds. The van der Waals surface area contributed by atoms with Crippen LogP contribution in [0.2, 0.25) is 5.02 Å². The van der Waals surface area contributed by atoms with Crippen molar-refractivity contribution in [3.63, 3.8) is 0 Å². The Morgan fingerprint density at radius 3 is 2.81 bits per heavy atom. The first-order valence-corrected chi connectivity index (χ1v) is 7.77. The van der Waals surface area contributed by atoms with Gasteiger partial charge in [0.1, 0.15) is 5.75 Å². The zero-order valence-electron chi connectivity index (χ0n) is 11.5. The number of hydrogen-bond donors (Lipinski definition) is 1. The predicted octanol–water partition coefficient (Wildman–Crippen LogP) is 5.14. The minimum atomic E-state index is -0.208. The van der Waals surface area contributed by atoms with Gasteiger partial charge in [0.15, 0.2) is 0 Å². The average Bonchev–Trinajstić information content (AvgIpc) is 2.50. The Labute approximate surface area is 137 Å². The molecular formula is C16H15BrClNO2. The fourth-order valence-electron chi connectivity index (χ4n) is 1.74. The van der Waals surface area contributed by atoms with Gasteiger partial charge < -0.3 is 10.1 Å². The van der Waals surface area contributed by atoms with Crippen molar-refractivity contribution in [3.05, 3.63) is 57.5 Å². The third-order valence-electron chi connectivity index (χ3n) is 2.77. The molecule has 0 aliphatic heterocycles. The molecule has 1 N–H and O–H groups in total. The molecule has 2 aromatic carbocycles. The smallest absolute Gasteiger partial charge is 0.255 e. The number of hydrogen-bond acceptors (Lipinski definition) is 2. The lowest BCUT2D eigenvalue weighted by atomic mass is 10.2.